The first kappa shape index (κ1) is 13.1. The number of pyridine rings is 1. The molecule has 2 aliphatic heterocycles. The van der Waals surface area contributed by atoms with E-state index in [2.05, 4.69) is 22.1 Å². The first-order valence-corrected chi connectivity index (χ1v) is 7.00. The molecule has 7 heteroatoms. The molecule has 2 aliphatic rings. The van der Waals surface area contributed by atoms with Crippen LogP contribution in [0.15, 0.2) is 12.1 Å². The number of hydrogen-bond donors (Lipinski definition) is 2. The lowest BCUT2D eigenvalue weighted by molar-refractivity contribution is -0.384. The highest BCUT2D eigenvalue weighted by Gasteiger charge is 2.43. The van der Waals surface area contributed by atoms with Crippen molar-refractivity contribution in [2.24, 2.45) is 11.8 Å². The van der Waals surface area contributed by atoms with Crippen LogP contribution in [0.5, 0.6) is 0 Å². The standard InChI is InChI=1S/C13H19N5O2/c1-2-10-9-6-15-5-8(9)7-17(10)12-4-3-11(18(19)20)13(14)16-12/h3-4,8-10,15H,2,5-7H2,1H3,(H2,14,16). The first-order valence-electron chi connectivity index (χ1n) is 7.00. The number of nitrogens with two attached hydrogens (primary N) is 1. The van der Waals surface area contributed by atoms with E-state index < -0.39 is 4.92 Å². The highest BCUT2D eigenvalue weighted by Crippen LogP contribution is 2.37. The van der Waals surface area contributed by atoms with Gasteiger partial charge in [0, 0.05) is 31.7 Å². The summed E-state index contributed by atoms with van der Waals surface area (Å²) in [7, 11) is 0. The summed E-state index contributed by atoms with van der Waals surface area (Å²) < 4.78 is 0. The van der Waals surface area contributed by atoms with Crippen LogP contribution in [0, 0.1) is 22.0 Å². The van der Waals surface area contributed by atoms with Gasteiger partial charge in [0.1, 0.15) is 5.82 Å². The number of fused-ring (bicyclic) bond motifs is 1. The van der Waals surface area contributed by atoms with Crippen molar-refractivity contribution in [3.05, 3.63) is 22.2 Å². The Morgan fingerprint density at radius 1 is 1.55 bits per heavy atom. The van der Waals surface area contributed by atoms with Crippen molar-refractivity contribution >= 4 is 17.3 Å². The van der Waals surface area contributed by atoms with Gasteiger partial charge in [0.2, 0.25) is 5.82 Å². The molecule has 20 heavy (non-hydrogen) atoms. The van der Waals surface area contributed by atoms with E-state index in [1.807, 2.05) is 0 Å². The molecular weight excluding hydrogens is 258 g/mol. The average molecular weight is 277 g/mol. The molecule has 0 bridgehead atoms. The zero-order valence-corrected chi connectivity index (χ0v) is 11.5. The predicted octanol–water partition coefficient (Wildman–Crippen LogP) is 1.01. The van der Waals surface area contributed by atoms with E-state index in [-0.39, 0.29) is 11.5 Å². The van der Waals surface area contributed by atoms with Gasteiger partial charge in [0.05, 0.1) is 4.92 Å². The summed E-state index contributed by atoms with van der Waals surface area (Å²) in [6, 6.07) is 3.60. The number of hydrogen-bond acceptors (Lipinski definition) is 6. The third kappa shape index (κ3) is 1.98. The van der Waals surface area contributed by atoms with Gasteiger partial charge in [0.15, 0.2) is 0 Å². The summed E-state index contributed by atoms with van der Waals surface area (Å²) in [5, 5.41) is 14.2. The topological polar surface area (TPSA) is 97.3 Å². The second-order valence-electron chi connectivity index (χ2n) is 5.54. The molecule has 7 nitrogen and oxygen atoms in total. The van der Waals surface area contributed by atoms with Gasteiger partial charge in [-0.1, -0.05) is 6.92 Å². The molecule has 108 valence electrons. The Balaban J connectivity index is 1.89. The van der Waals surface area contributed by atoms with E-state index in [1.165, 1.54) is 6.07 Å². The molecule has 1 aromatic heterocycles. The fourth-order valence-corrected chi connectivity index (χ4v) is 3.58. The van der Waals surface area contributed by atoms with Gasteiger partial charge in [0.25, 0.3) is 0 Å². The maximum absolute atomic E-state index is 10.8. The van der Waals surface area contributed by atoms with Gasteiger partial charge in [-0.05, 0) is 24.3 Å². The van der Waals surface area contributed by atoms with E-state index >= 15 is 0 Å². The fourth-order valence-electron chi connectivity index (χ4n) is 3.58. The minimum Gasteiger partial charge on any atom is -0.378 e. The van der Waals surface area contributed by atoms with Crippen LogP contribution in [-0.4, -0.2) is 35.6 Å². The molecule has 3 rings (SSSR count). The average Bonchev–Trinajstić information content (AvgIpc) is 2.97. The lowest BCUT2D eigenvalue weighted by atomic mass is 9.93. The minimum atomic E-state index is -0.494. The molecule has 0 saturated carbocycles. The Hall–Kier alpha value is -1.89. The third-order valence-corrected chi connectivity index (χ3v) is 4.51. The zero-order chi connectivity index (χ0) is 14.3. The van der Waals surface area contributed by atoms with Crippen molar-refractivity contribution in [3.63, 3.8) is 0 Å². The normalized spacial score (nSPS) is 28.6. The SMILES string of the molecule is CCC1C2CNCC2CN1c1ccc([N+](=O)[O-])c(N)n1. The Kier molecular flexibility index (Phi) is 3.21. The van der Waals surface area contributed by atoms with Crippen LogP contribution >= 0.6 is 0 Å². The molecule has 2 fully saturated rings. The molecule has 0 spiro atoms. The predicted molar refractivity (Wildman–Crippen MR) is 76.6 cm³/mol. The number of nitrogens with one attached hydrogen (secondary N) is 1. The Morgan fingerprint density at radius 2 is 2.35 bits per heavy atom. The third-order valence-electron chi connectivity index (χ3n) is 4.51. The molecule has 3 heterocycles. The molecule has 1 aromatic rings. The van der Waals surface area contributed by atoms with Crippen molar-refractivity contribution in [1.29, 1.82) is 0 Å². The minimum absolute atomic E-state index is 0.00228. The van der Waals surface area contributed by atoms with Crippen molar-refractivity contribution in [1.82, 2.24) is 10.3 Å². The van der Waals surface area contributed by atoms with Crippen molar-refractivity contribution in [2.75, 3.05) is 30.3 Å². The van der Waals surface area contributed by atoms with Crippen molar-refractivity contribution < 1.29 is 4.92 Å². The van der Waals surface area contributed by atoms with Crippen LogP contribution < -0.4 is 16.0 Å². The number of anilines is 2. The van der Waals surface area contributed by atoms with Crippen LogP contribution in [0.25, 0.3) is 0 Å². The number of nitrogens with zero attached hydrogens (tertiary/aromatic N) is 3. The van der Waals surface area contributed by atoms with Gasteiger partial charge >= 0.3 is 5.69 Å². The maximum Gasteiger partial charge on any atom is 0.311 e. The van der Waals surface area contributed by atoms with Gasteiger partial charge in [-0.3, -0.25) is 10.1 Å². The highest BCUT2D eigenvalue weighted by molar-refractivity contribution is 5.58. The van der Waals surface area contributed by atoms with E-state index in [4.69, 9.17) is 5.73 Å². The largest absolute Gasteiger partial charge is 0.378 e. The monoisotopic (exact) mass is 277 g/mol. The van der Waals surface area contributed by atoms with Crippen molar-refractivity contribution in [2.45, 2.75) is 19.4 Å². The highest BCUT2D eigenvalue weighted by atomic mass is 16.6. The number of aromatic nitrogens is 1. The van der Waals surface area contributed by atoms with E-state index in [9.17, 15) is 10.1 Å². The lowest BCUT2D eigenvalue weighted by Crippen LogP contribution is -2.35. The summed E-state index contributed by atoms with van der Waals surface area (Å²) >= 11 is 0. The second kappa shape index (κ2) is 4.90. The van der Waals surface area contributed by atoms with Gasteiger partial charge in [-0.2, -0.15) is 0 Å². The molecule has 0 aromatic carbocycles. The molecule has 0 amide bonds. The Morgan fingerprint density at radius 3 is 3.00 bits per heavy atom. The van der Waals surface area contributed by atoms with Crippen LogP contribution in [0.1, 0.15) is 13.3 Å². The first-order chi connectivity index (χ1) is 9.61. The smallest absolute Gasteiger partial charge is 0.311 e. The van der Waals surface area contributed by atoms with Gasteiger partial charge in [-0.25, -0.2) is 4.98 Å². The van der Waals surface area contributed by atoms with Crippen LogP contribution in [0.2, 0.25) is 0 Å². The zero-order valence-electron chi connectivity index (χ0n) is 11.5. The molecule has 2 saturated heterocycles. The Labute approximate surface area is 117 Å². The molecular formula is C13H19N5O2. The molecule has 0 radical (unpaired) electrons. The van der Waals surface area contributed by atoms with E-state index in [0.29, 0.717) is 17.9 Å². The molecule has 0 aliphatic carbocycles. The summed E-state index contributed by atoms with van der Waals surface area (Å²) in [5.41, 5.74) is 5.58. The number of nitro groups is 1. The van der Waals surface area contributed by atoms with Gasteiger partial charge in [-0.15, -0.1) is 0 Å². The summed E-state index contributed by atoms with van der Waals surface area (Å²) in [5.74, 6) is 2.03. The Bertz CT molecular complexity index is 535. The molecule has 3 atom stereocenters. The van der Waals surface area contributed by atoms with Gasteiger partial charge < -0.3 is 16.0 Å². The van der Waals surface area contributed by atoms with E-state index in [1.54, 1.807) is 6.07 Å². The summed E-state index contributed by atoms with van der Waals surface area (Å²) in [4.78, 5) is 16.8. The lowest BCUT2D eigenvalue weighted by Gasteiger charge is -2.28. The van der Waals surface area contributed by atoms with Crippen molar-refractivity contribution in [3.8, 4) is 0 Å². The number of rotatable bonds is 3. The molecule has 3 N–H and O–H groups in total. The van der Waals surface area contributed by atoms with Crippen LogP contribution in [0.4, 0.5) is 17.3 Å². The summed E-state index contributed by atoms with van der Waals surface area (Å²) in [6.45, 7) is 5.20. The maximum atomic E-state index is 10.8. The fraction of sp³-hybridized carbons (Fsp3) is 0.615. The molecule has 3 unspecified atom stereocenters. The van der Waals surface area contributed by atoms with Crippen LogP contribution in [-0.2, 0) is 0 Å². The number of nitrogen functional groups attached to an aromatic ring is 1. The van der Waals surface area contributed by atoms with E-state index in [0.717, 1.165) is 31.9 Å². The van der Waals surface area contributed by atoms with Crippen LogP contribution in [0.3, 0.4) is 0 Å². The second-order valence-corrected chi connectivity index (χ2v) is 5.54. The quantitative estimate of drug-likeness (QED) is 0.632. The summed E-state index contributed by atoms with van der Waals surface area (Å²) in [6.07, 6.45) is 1.04.